The summed E-state index contributed by atoms with van der Waals surface area (Å²) in [5.41, 5.74) is 0. The Kier molecular flexibility index (Phi) is 7.71. The molecule has 2 N–H and O–H groups in total. The van der Waals surface area contributed by atoms with Crippen LogP contribution < -0.4 is 5.32 Å². The van der Waals surface area contributed by atoms with E-state index in [2.05, 4.69) is 5.32 Å². The van der Waals surface area contributed by atoms with Crippen molar-refractivity contribution in [3.63, 3.8) is 0 Å². The van der Waals surface area contributed by atoms with Crippen molar-refractivity contribution >= 4 is 0 Å². The van der Waals surface area contributed by atoms with Crippen LogP contribution in [0.4, 0.5) is 0 Å². The number of aliphatic hydroxyl groups excluding tert-OH is 1. The van der Waals surface area contributed by atoms with Crippen molar-refractivity contribution in [1.82, 2.24) is 5.32 Å². The highest BCUT2D eigenvalue weighted by molar-refractivity contribution is 4.69. The standard InChI is InChI=1S/C11H23NO4/c1-14-5-6-15-8-10(13)9-16-11-3-2-4-12-7-11/h10-13H,2-9H2,1H3. The summed E-state index contributed by atoms with van der Waals surface area (Å²) in [4.78, 5) is 0. The summed E-state index contributed by atoms with van der Waals surface area (Å²) in [7, 11) is 1.62. The minimum atomic E-state index is -0.543. The number of aliphatic hydroxyl groups is 1. The lowest BCUT2D eigenvalue weighted by molar-refractivity contribution is -0.0540. The van der Waals surface area contributed by atoms with Gasteiger partial charge in [0.05, 0.1) is 32.5 Å². The predicted molar refractivity (Wildman–Crippen MR) is 60.5 cm³/mol. The Hall–Kier alpha value is -0.200. The lowest BCUT2D eigenvalue weighted by Crippen LogP contribution is -2.37. The fraction of sp³-hybridized carbons (Fsp3) is 1.00. The minimum absolute atomic E-state index is 0.238. The third kappa shape index (κ3) is 6.40. The van der Waals surface area contributed by atoms with Crippen LogP contribution in [0.5, 0.6) is 0 Å². The smallest absolute Gasteiger partial charge is 0.101 e. The molecule has 1 fully saturated rings. The van der Waals surface area contributed by atoms with E-state index in [1.54, 1.807) is 7.11 Å². The number of piperidine rings is 1. The van der Waals surface area contributed by atoms with Gasteiger partial charge in [0.25, 0.3) is 0 Å². The first-order valence-corrected chi connectivity index (χ1v) is 5.90. The van der Waals surface area contributed by atoms with Crippen LogP contribution in [0.25, 0.3) is 0 Å². The van der Waals surface area contributed by atoms with Crippen molar-refractivity contribution in [3.8, 4) is 0 Å². The highest BCUT2D eigenvalue weighted by Crippen LogP contribution is 2.06. The van der Waals surface area contributed by atoms with E-state index in [1.165, 1.54) is 0 Å². The van der Waals surface area contributed by atoms with Crippen molar-refractivity contribution in [2.45, 2.75) is 25.0 Å². The zero-order chi connectivity index (χ0) is 11.6. The molecular formula is C11H23NO4. The fourth-order valence-electron chi connectivity index (χ4n) is 1.62. The molecule has 5 heteroatoms. The molecule has 96 valence electrons. The maximum Gasteiger partial charge on any atom is 0.101 e. The average Bonchev–Trinajstić information content (AvgIpc) is 2.33. The number of ether oxygens (including phenoxy) is 3. The molecular weight excluding hydrogens is 210 g/mol. The van der Waals surface area contributed by atoms with Gasteiger partial charge in [0, 0.05) is 13.7 Å². The third-order valence-corrected chi connectivity index (χ3v) is 2.52. The quantitative estimate of drug-likeness (QED) is 0.568. The van der Waals surface area contributed by atoms with Gasteiger partial charge in [0.2, 0.25) is 0 Å². The SMILES string of the molecule is COCCOCC(O)COC1CCCNC1. The molecule has 2 atom stereocenters. The molecule has 2 unspecified atom stereocenters. The molecule has 0 bridgehead atoms. The van der Waals surface area contributed by atoms with Crippen LogP contribution in [0.1, 0.15) is 12.8 Å². The molecule has 0 amide bonds. The van der Waals surface area contributed by atoms with Gasteiger partial charge < -0.3 is 24.6 Å². The first-order valence-electron chi connectivity index (χ1n) is 5.90. The van der Waals surface area contributed by atoms with Crippen LogP contribution in [0, 0.1) is 0 Å². The summed E-state index contributed by atoms with van der Waals surface area (Å²) >= 11 is 0. The van der Waals surface area contributed by atoms with Gasteiger partial charge in [-0.2, -0.15) is 0 Å². The third-order valence-electron chi connectivity index (χ3n) is 2.52. The molecule has 0 radical (unpaired) electrons. The van der Waals surface area contributed by atoms with Gasteiger partial charge in [0.15, 0.2) is 0 Å². The number of hydrogen-bond donors (Lipinski definition) is 2. The molecule has 0 aromatic rings. The minimum Gasteiger partial charge on any atom is -0.388 e. The monoisotopic (exact) mass is 233 g/mol. The second kappa shape index (κ2) is 8.90. The number of rotatable bonds is 8. The molecule has 0 aliphatic carbocycles. The Bertz CT molecular complexity index is 162. The van der Waals surface area contributed by atoms with Gasteiger partial charge in [-0.1, -0.05) is 0 Å². The van der Waals surface area contributed by atoms with Crippen molar-refractivity contribution in [3.05, 3.63) is 0 Å². The number of hydrogen-bond acceptors (Lipinski definition) is 5. The lowest BCUT2D eigenvalue weighted by Gasteiger charge is -2.24. The molecule has 0 saturated carbocycles. The number of nitrogens with one attached hydrogen (secondary N) is 1. The Morgan fingerprint density at radius 3 is 2.94 bits per heavy atom. The van der Waals surface area contributed by atoms with Crippen LogP contribution in [-0.4, -0.2) is 63.9 Å². The molecule has 1 aliphatic rings. The lowest BCUT2D eigenvalue weighted by atomic mass is 10.1. The van der Waals surface area contributed by atoms with E-state index in [4.69, 9.17) is 14.2 Å². The second-order valence-electron chi connectivity index (χ2n) is 4.02. The van der Waals surface area contributed by atoms with E-state index in [1.807, 2.05) is 0 Å². The van der Waals surface area contributed by atoms with Crippen LogP contribution in [0.3, 0.4) is 0 Å². The molecule has 1 saturated heterocycles. The van der Waals surface area contributed by atoms with E-state index < -0.39 is 6.10 Å². The van der Waals surface area contributed by atoms with Gasteiger partial charge in [-0.3, -0.25) is 0 Å². The summed E-state index contributed by atoms with van der Waals surface area (Å²) in [6.45, 7) is 3.68. The average molecular weight is 233 g/mol. The topological polar surface area (TPSA) is 60.0 Å². The van der Waals surface area contributed by atoms with E-state index in [0.29, 0.717) is 26.4 Å². The van der Waals surface area contributed by atoms with Gasteiger partial charge >= 0.3 is 0 Å². The van der Waals surface area contributed by atoms with E-state index >= 15 is 0 Å². The summed E-state index contributed by atoms with van der Waals surface area (Å²) in [5, 5.41) is 12.8. The van der Waals surface area contributed by atoms with Crippen molar-refractivity contribution in [2.75, 3.05) is 46.6 Å². The Labute approximate surface area is 97.1 Å². The van der Waals surface area contributed by atoms with Crippen LogP contribution in [-0.2, 0) is 14.2 Å². The molecule has 5 nitrogen and oxygen atoms in total. The largest absolute Gasteiger partial charge is 0.388 e. The summed E-state index contributed by atoms with van der Waals surface area (Å²) in [6, 6.07) is 0. The molecule has 16 heavy (non-hydrogen) atoms. The number of methoxy groups -OCH3 is 1. The van der Waals surface area contributed by atoms with Gasteiger partial charge in [-0.05, 0) is 19.4 Å². The molecule has 0 aromatic carbocycles. The van der Waals surface area contributed by atoms with E-state index in [-0.39, 0.29) is 6.10 Å². The molecule has 0 spiro atoms. The molecule has 1 heterocycles. The molecule has 1 rings (SSSR count). The summed E-state index contributed by atoms with van der Waals surface area (Å²) < 4.78 is 15.6. The zero-order valence-corrected chi connectivity index (χ0v) is 9.98. The molecule has 1 aliphatic heterocycles. The zero-order valence-electron chi connectivity index (χ0n) is 9.98. The predicted octanol–water partition coefficient (Wildman–Crippen LogP) is -0.221. The van der Waals surface area contributed by atoms with Crippen LogP contribution in [0.2, 0.25) is 0 Å². The summed E-state index contributed by atoms with van der Waals surface area (Å²) in [5.74, 6) is 0. The van der Waals surface area contributed by atoms with Gasteiger partial charge in [0.1, 0.15) is 6.10 Å². The van der Waals surface area contributed by atoms with Crippen LogP contribution in [0.15, 0.2) is 0 Å². The first kappa shape index (κ1) is 13.9. The van der Waals surface area contributed by atoms with Crippen molar-refractivity contribution < 1.29 is 19.3 Å². The van der Waals surface area contributed by atoms with Crippen molar-refractivity contribution in [2.24, 2.45) is 0 Å². The van der Waals surface area contributed by atoms with E-state index in [9.17, 15) is 5.11 Å². The highest BCUT2D eigenvalue weighted by atomic mass is 16.5. The molecule has 0 aromatic heterocycles. The maximum atomic E-state index is 9.57. The van der Waals surface area contributed by atoms with Crippen LogP contribution >= 0.6 is 0 Å². The van der Waals surface area contributed by atoms with Gasteiger partial charge in [-0.15, -0.1) is 0 Å². The maximum absolute atomic E-state index is 9.57. The first-order chi connectivity index (χ1) is 7.83. The Balaban J connectivity index is 1.94. The Morgan fingerprint density at radius 2 is 2.25 bits per heavy atom. The van der Waals surface area contributed by atoms with Crippen molar-refractivity contribution in [1.29, 1.82) is 0 Å². The normalized spacial score (nSPS) is 23.2. The Morgan fingerprint density at radius 1 is 1.38 bits per heavy atom. The highest BCUT2D eigenvalue weighted by Gasteiger charge is 2.15. The summed E-state index contributed by atoms with van der Waals surface area (Å²) in [6.07, 6.45) is 1.91. The fourth-order valence-corrected chi connectivity index (χ4v) is 1.62. The van der Waals surface area contributed by atoms with E-state index in [0.717, 1.165) is 25.9 Å². The van der Waals surface area contributed by atoms with Gasteiger partial charge in [-0.25, -0.2) is 0 Å². The second-order valence-corrected chi connectivity index (χ2v) is 4.02.